The molecule has 0 atom stereocenters. The van der Waals surface area contributed by atoms with Crippen LogP contribution in [0.25, 0.3) is 89.3 Å². The molecule has 0 saturated carbocycles. The van der Waals surface area contributed by atoms with Crippen LogP contribution < -0.4 is 0 Å². The van der Waals surface area contributed by atoms with Gasteiger partial charge in [0.2, 0.25) is 0 Å². The van der Waals surface area contributed by atoms with Gasteiger partial charge in [0, 0.05) is 41.0 Å². The zero-order valence-corrected chi connectivity index (χ0v) is 43.7. The second-order valence-electron chi connectivity index (χ2n) is 19.4. The molecule has 11 aromatic rings. The molecule has 0 unspecified atom stereocenters. The number of aryl methyl sites for hydroxylation is 2. The Balaban J connectivity index is 0.000000178. The molecule has 0 fully saturated rings. The first-order valence-electron chi connectivity index (χ1n) is 25.8. The van der Waals surface area contributed by atoms with Gasteiger partial charge in [0.15, 0.2) is 0 Å². The molecule has 0 spiro atoms. The Kier molecular flexibility index (Phi) is 12.6. The van der Waals surface area contributed by atoms with E-state index in [-0.39, 0.29) is 37.5 Å². The van der Waals surface area contributed by atoms with Gasteiger partial charge in [0.1, 0.15) is 5.58 Å². The van der Waals surface area contributed by atoms with Crippen molar-refractivity contribution in [2.75, 3.05) is 0 Å². The van der Waals surface area contributed by atoms with E-state index < -0.39 is 6.85 Å². The summed E-state index contributed by atoms with van der Waals surface area (Å²) in [4.78, 5) is 10.3. The maximum Gasteiger partial charge on any atom is 0.120 e. The number of imidazole rings is 2. The molecule has 70 heavy (non-hydrogen) atoms. The average molecular weight is 1100 g/mol. The molecular formula is C64H60IrN4O-2. The Hall–Kier alpha value is -6.85. The molecule has 0 aliphatic rings. The van der Waals surface area contributed by atoms with Crippen molar-refractivity contribution in [2.45, 2.75) is 92.8 Å². The molecular weight excluding hydrogens is 1030 g/mol. The third-order valence-electron chi connectivity index (χ3n) is 13.4. The summed E-state index contributed by atoms with van der Waals surface area (Å²) in [5.41, 5.74) is 18.1. The van der Waals surface area contributed by atoms with Crippen molar-refractivity contribution >= 4 is 44.0 Å². The molecule has 11 rings (SSSR count). The zero-order chi connectivity index (χ0) is 50.6. The van der Waals surface area contributed by atoms with Crippen LogP contribution >= 0.6 is 0 Å². The quantitative estimate of drug-likeness (QED) is 0.135. The van der Waals surface area contributed by atoms with Gasteiger partial charge in [0.05, 0.1) is 39.3 Å². The SMILES string of the molecule is Cc1c[c-]c(-c2nc3ccccc3n2-c2c(C(C)C)cccc2C(C)C)cc1-c1ccccc1.[2H]C([2H])([2H])c1c[c-]c(-c2nc3ccccc3n2-c2c(C(C)C)cccc2C(C)C)c2oc3ccccc3c12.[Ir]. The van der Waals surface area contributed by atoms with E-state index >= 15 is 0 Å². The van der Waals surface area contributed by atoms with Gasteiger partial charge >= 0.3 is 0 Å². The normalized spacial score (nSPS) is 12.5. The number of aromatic nitrogens is 4. The fourth-order valence-electron chi connectivity index (χ4n) is 9.95. The summed E-state index contributed by atoms with van der Waals surface area (Å²) >= 11 is 0. The first kappa shape index (κ1) is 44.4. The van der Waals surface area contributed by atoms with E-state index in [0.717, 1.165) is 44.5 Å². The number of rotatable bonds is 9. The van der Waals surface area contributed by atoms with Crippen LogP contribution in [0.3, 0.4) is 0 Å². The number of hydrogen-bond acceptors (Lipinski definition) is 3. The molecule has 0 N–H and O–H groups in total. The van der Waals surface area contributed by atoms with Gasteiger partial charge in [-0.15, -0.1) is 47.0 Å². The van der Waals surface area contributed by atoms with E-state index in [1.807, 2.05) is 42.5 Å². The predicted octanol–water partition coefficient (Wildman–Crippen LogP) is 17.7. The smallest absolute Gasteiger partial charge is 0.120 e. The number of nitrogens with zero attached hydrogens (tertiary/aromatic N) is 4. The van der Waals surface area contributed by atoms with E-state index in [4.69, 9.17) is 18.5 Å². The summed E-state index contributed by atoms with van der Waals surface area (Å²) in [6, 6.07) is 60.7. The van der Waals surface area contributed by atoms with Crippen LogP contribution in [0.5, 0.6) is 0 Å². The summed E-state index contributed by atoms with van der Waals surface area (Å²) in [6.07, 6.45) is 0. The van der Waals surface area contributed by atoms with E-state index in [2.05, 4.69) is 193 Å². The maximum absolute atomic E-state index is 8.21. The van der Waals surface area contributed by atoms with Gasteiger partial charge in [-0.25, -0.2) is 0 Å². The topological polar surface area (TPSA) is 48.8 Å². The molecule has 353 valence electrons. The van der Waals surface area contributed by atoms with E-state index in [9.17, 15) is 0 Å². The summed E-state index contributed by atoms with van der Waals surface area (Å²) < 4.78 is 35.6. The molecule has 1 radical (unpaired) electrons. The standard InChI is InChI=1S/C32H29N2O.C32H31N2.Ir/c1-19(2)22-12-10-13-23(20(3)4)30(22)34-27-15-8-7-14-26(27)33-32(34)25-18-17-21(5)29-24-11-6-9-16-28(24)35-31(25)29;1-21(2)26-14-11-15-27(22(3)4)31(26)34-30-17-10-9-16-29(30)33-32(34)25-19-18-23(5)28(20-25)24-12-7-6-8-13-24;/h6-17,19-20H,1-5H3;6-18,20-22H,1-5H3;/q2*-1;/i5D3;;. The van der Waals surface area contributed by atoms with Crippen molar-refractivity contribution in [1.29, 1.82) is 0 Å². The van der Waals surface area contributed by atoms with Crippen LogP contribution in [0.2, 0.25) is 0 Å². The minimum Gasteiger partial charge on any atom is -0.501 e. The maximum atomic E-state index is 8.21. The van der Waals surface area contributed by atoms with Crippen LogP contribution in [0.15, 0.2) is 162 Å². The van der Waals surface area contributed by atoms with Crippen molar-refractivity contribution < 1.29 is 28.6 Å². The van der Waals surface area contributed by atoms with Gasteiger partial charge in [-0.1, -0.05) is 195 Å². The first-order valence-corrected chi connectivity index (χ1v) is 24.3. The van der Waals surface area contributed by atoms with Crippen LogP contribution in [0.4, 0.5) is 0 Å². The van der Waals surface area contributed by atoms with Crippen molar-refractivity contribution in [3.63, 3.8) is 0 Å². The van der Waals surface area contributed by atoms with Crippen LogP contribution in [-0.2, 0) is 20.1 Å². The Labute approximate surface area is 430 Å². The second-order valence-corrected chi connectivity index (χ2v) is 19.4. The van der Waals surface area contributed by atoms with Crippen LogP contribution in [-0.4, -0.2) is 19.1 Å². The number of benzene rings is 8. The number of fused-ring (bicyclic) bond motifs is 5. The Bertz CT molecular complexity index is 3730. The summed E-state index contributed by atoms with van der Waals surface area (Å²) in [6.45, 7) is 17.7. The average Bonchev–Trinajstić information content (AvgIpc) is 4.08. The van der Waals surface area contributed by atoms with Gasteiger partial charge in [-0.2, -0.15) is 0 Å². The molecule has 0 aliphatic heterocycles. The van der Waals surface area contributed by atoms with Crippen molar-refractivity contribution in [1.82, 2.24) is 19.1 Å². The van der Waals surface area contributed by atoms with Gasteiger partial charge in [-0.3, -0.25) is 9.97 Å². The first-order chi connectivity index (χ1) is 34.6. The monoisotopic (exact) mass is 1100 g/mol. The minimum atomic E-state index is -2.31. The van der Waals surface area contributed by atoms with Crippen molar-refractivity contribution in [2.24, 2.45) is 0 Å². The molecule has 0 saturated heterocycles. The summed E-state index contributed by atoms with van der Waals surface area (Å²) in [7, 11) is 0. The van der Waals surface area contributed by atoms with Crippen LogP contribution in [0.1, 0.15) is 117 Å². The zero-order valence-electron chi connectivity index (χ0n) is 44.4. The number of para-hydroxylation sites is 7. The fraction of sp³-hybridized carbons (Fsp3) is 0.219. The molecule has 8 aromatic carbocycles. The Morgan fingerprint density at radius 3 is 1.57 bits per heavy atom. The molecule has 3 aromatic heterocycles. The van der Waals surface area contributed by atoms with Crippen molar-refractivity contribution in [3.8, 4) is 45.3 Å². The van der Waals surface area contributed by atoms with Gasteiger partial charge in [0.25, 0.3) is 0 Å². The fourth-order valence-corrected chi connectivity index (χ4v) is 9.95. The molecule has 5 nitrogen and oxygen atoms in total. The van der Waals surface area contributed by atoms with E-state index in [1.54, 1.807) is 6.07 Å². The Morgan fingerprint density at radius 2 is 1.01 bits per heavy atom. The Morgan fingerprint density at radius 1 is 0.529 bits per heavy atom. The van der Waals surface area contributed by atoms with E-state index in [0.29, 0.717) is 39.8 Å². The summed E-state index contributed by atoms with van der Waals surface area (Å²) in [5, 5.41) is 1.37. The molecule has 3 heterocycles. The van der Waals surface area contributed by atoms with Crippen molar-refractivity contribution in [3.05, 3.63) is 203 Å². The van der Waals surface area contributed by atoms with E-state index in [1.165, 1.54) is 44.6 Å². The predicted molar refractivity (Wildman–Crippen MR) is 289 cm³/mol. The number of furan rings is 1. The summed E-state index contributed by atoms with van der Waals surface area (Å²) in [5.74, 6) is 2.97. The molecule has 0 bridgehead atoms. The minimum absolute atomic E-state index is 0. The molecule has 6 heteroatoms. The largest absolute Gasteiger partial charge is 0.501 e. The second kappa shape index (κ2) is 19.9. The van der Waals surface area contributed by atoms with Crippen LogP contribution in [0, 0.1) is 25.9 Å². The third-order valence-corrected chi connectivity index (χ3v) is 13.4. The number of hydrogen-bond donors (Lipinski definition) is 0. The molecule has 0 amide bonds. The third kappa shape index (κ3) is 8.63. The van der Waals surface area contributed by atoms with Gasteiger partial charge in [-0.05, 0) is 81.8 Å². The van der Waals surface area contributed by atoms with Gasteiger partial charge < -0.3 is 13.6 Å². The molecule has 0 aliphatic carbocycles.